The first-order valence-electron chi connectivity index (χ1n) is 3.64. The third kappa shape index (κ3) is 2.65. The Morgan fingerprint density at radius 3 is 2.80 bits per heavy atom. The summed E-state index contributed by atoms with van der Waals surface area (Å²) in [5, 5.41) is 19.1. The molecule has 0 saturated heterocycles. The summed E-state index contributed by atoms with van der Waals surface area (Å²) in [6, 6.07) is 2.93. The van der Waals surface area contributed by atoms with Gasteiger partial charge in [-0.05, 0) is 6.07 Å². The van der Waals surface area contributed by atoms with Crippen molar-refractivity contribution in [2.75, 3.05) is 5.32 Å². The average molecular weight is 226 g/mol. The monoisotopic (exact) mass is 225 g/mol. The zero-order valence-corrected chi connectivity index (χ0v) is 7.95. The van der Waals surface area contributed by atoms with Crippen molar-refractivity contribution < 1.29 is 14.7 Å². The molecule has 7 heteroatoms. The Balaban J connectivity index is 3.04. The van der Waals surface area contributed by atoms with Crippen LogP contribution in [-0.2, 0) is 9.59 Å². The van der Waals surface area contributed by atoms with Crippen molar-refractivity contribution in [3.05, 3.63) is 23.0 Å². The maximum absolute atomic E-state index is 10.8. The van der Waals surface area contributed by atoms with Gasteiger partial charge in [-0.1, -0.05) is 11.6 Å². The van der Waals surface area contributed by atoms with Crippen molar-refractivity contribution >= 4 is 29.2 Å². The fourth-order valence-electron chi connectivity index (χ4n) is 0.799. The molecule has 2 N–H and O–H groups in total. The standard InChI is InChI=1S/C8H4ClN3O3/c9-4-1-5(6(2-10)11-3-4)12-7(13)8(14)15/h1,3H,(H,12,13)(H,14,15). The molecule has 0 aliphatic carbocycles. The number of nitrogens with zero attached hydrogens (tertiary/aromatic N) is 2. The Hall–Kier alpha value is -2.13. The summed E-state index contributed by atoms with van der Waals surface area (Å²) in [4.78, 5) is 24.6. The molecule has 0 spiro atoms. The number of carbonyl (C=O) groups excluding carboxylic acids is 1. The van der Waals surface area contributed by atoms with Crippen LogP contribution < -0.4 is 5.32 Å². The summed E-state index contributed by atoms with van der Waals surface area (Å²) in [6.45, 7) is 0. The summed E-state index contributed by atoms with van der Waals surface area (Å²) in [5.41, 5.74) is -0.133. The highest BCUT2D eigenvalue weighted by molar-refractivity contribution is 6.37. The number of hydrogen-bond donors (Lipinski definition) is 2. The number of nitriles is 1. The number of carboxylic acid groups (broad SMARTS) is 1. The summed E-state index contributed by atoms with van der Waals surface area (Å²) >= 11 is 5.57. The van der Waals surface area contributed by atoms with E-state index in [4.69, 9.17) is 22.0 Å². The van der Waals surface area contributed by atoms with Crippen LogP contribution in [-0.4, -0.2) is 22.0 Å². The maximum Gasteiger partial charge on any atom is 0.394 e. The largest absolute Gasteiger partial charge is 0.474 e. The first-order valence-corrected chi connectivity index (χ1v) is 4.02. The molecule has 0 aliphatic rings. The summed E-state index contributed by atoms with van der Waals surface area (Å²) in [6.07, 6.45) is 1.22. The SMILES string of the molecule is N#Cc1ncc(Cl)cc1NC(=O)C(=O)O. The van der Waals surface area contributed by atoms with E-state index in [1.807, 2.05) is 5.32 Å². The van der Waals surface area contributed by atoms with Gasteiger partial charge in [0.25, 0.3) is 0 Å². The Kier molecular flexibility index (Phi) is 3.21. The van der Waals surface area contributed by atoms with Crippen LogP contribution in [0.2, 0.25) is 5.02 Å². The number of carboxylic acids is 1. The van der Waals surface area contributed by atoms with Crippen molar-refractivity contribution in [2.45, 2.75) is 0 Å². The molecule has 0 bridgehead atoms. The molecule has 15 heavy (non-hydrogen) atoms. The molecule has 76 valence electrons. The van der Waals surface area contributed by atoms with Gasteiger partial charge in [0.1, 0.15) is 6.07 Å². The number of aliphatic carboxylic acids is 1. The lowest BCUT2D eigenvalue weighted by molar-refractivity contribution is -0.147. The molecule has 1 aromatic heterocycles. The van der Waals surface area contributed by atoms with E-state index in [-0.39, 0.29) is 16.4 Å². The highest BCUT2D eigenvalue weighted by Crippen LogP contribution is 2.17. The minimum atomic E-state index is -1.65. The van der Waals surface area contributed by atoms with Gasteiger partial charge in [0.05, 0.1) is 10.7 Å². The number of amides is 1. The number of nitrogens with one attached hydrogen (secondary N) is 1. The number of hydrogen-bond acceptors (Lipinski definition) is 4. The molecule has 0 radical (unpaired) electrons. The highest BCUT2D eigenvalue weighted by atomic mass is 35.5. The molecule has 6 nitrogen and oxygen atoms in total. The van der Waals surface area contributed by atoms with E-state index in [2.05, 4.69) is 4.98 Å². The van der Waals surface area contributed by atoms with E-state index in [9.17, 15) is 9.59 Å². The molecular formula is C8H4ClN3O3. The lowest BCUT2D eigenvalue weighted by atomic mass is 10.3. The van der Waals surface area contributed by atoms with E-state index in [0.717, 1.165) is 0 Å². The van der Waals surface area contributed by atoms with Crippen molar-refractivity contribution in [3.8, 4) is 6.07 Å². The highest BCUT2D eigenvalue weighted by Gasteiger charge is 2.14. The van der Waals surface area contributed by atoms with Crippen LogP contribution in [0.5, 0.6) is 0 Å². The second-order valence-electron chi connectivity index (χ2n) is 2.42. The fourth-order valence-corrected chi connectivity index (χ4v) is 0.957. The molecule has 1 rings (SSSR count). The molecule has 0 fully saturated rings. The van der Waals surface area contributed by atoms with Crippen molar-refractivity contribution in [1.29, 1.82) is 5.26 Å². The summed E-state index contributed by atoms with van der Waals surface area (Å²) in [5.74, 6) is -2.91. The normalized spacial score (nSPS) is 9.07. The predicted molar refractivity (Wildman–Crippen MR) is 50.2 cm³/mol. The number of aromatic nitrogens is 1. The molecular weight excluding hydrogens is 222 g/mol. The smallest absolute Gasteiger partial charge is 0.394 e. The van der Waals surface area contributed by atoms with Gasteiger partial charge in [-0.3, -0.25) is 4.79 Å². The minimum Gasteiger partial charge on any atom is -0.474 e. The molecule has 1 aromatic rings. The van der Waals surface area contributed by atoms with Crippen LogP contribution in [0.15, 0.2) is 12.3 Å². The molecule has 1 amide bonds. The van der Waals surface area contributed by atoms with Crippen LogP contribution in [0.4, 0.5) is 5.69 Å². The number of rotatable bonds is 1. The van der Waals surface area contributed by atoms with Crippen LogP contribution in [0.25, 0.3) is 0 Å². The van der Waals surface area contributed by atoms with Crippen molar-refractivity contribution in [3.63, 3.8) is 0 Å². The molecule has 0 saturated carbocycles. The maximum atomic E-state index is 10.8. The van der Waals surface area contributed by atoms with Crippen molar-refractivity contribution in [1.82, 2.24) is 4.98 Å². The third-order valence-corrected chi connectivity index (χ3v) is 1.61. The Morgan fingerprint density at radius 2 is 2.27 bits per heavy atom. The molecule has 0 aromatic carbocycles. The van der Waals surface area contributed by atoms with Crippen LogP contribution in [0.3, 0.4) is 0 Å². The topological polar surface area (TPSA) is 103 Å². The Bertz CT molecular complexity index is 467. The second kappa shape index (κ2) is 4.39. The zero-order chi connectivity index (χ0) is 11.4. The lowest BCUT2D eigenvalue weighted by Crippen LogP contribution is -2.22. The molecule has 0 aliphatic heterocycles. The molecule has 0 atom stereocenters. The Morgan fingerprint density at radius 1 is 1.60 bits per heavy atom. The number of anilines is 1. The van der Waals surface area contributed by atoms with Crippen LogP contribution in [0.1, 0.15) is 5.69 Å². The molecule has 0 unspecified atom stereocenters. The average Bonchev–Trinajstić information content (AvgIpc) is 2.18. The van der Waals surface area contributed by atoms with E-state index >= 15 is 0 Å². The van der Waals surface area contributed by atoms with Gasteiger partial charge in [0.15, 0.2) is 5.69 Å². The number of halogens is 1. The van der Waals surface area contributed by atoms with Crippen LogP contribution in [0, 0.1) is 11.3 Å². The second-order valence-corrected chi connectivity index (χ2v) is 2.86. The minimum absolute atomic E-state index is 0.0302. The van der Waals surface area contributed by atoms with E-state index < -0.39 is 11.9 Å². The van der Waals surface area contributed by atoms with Gasteiger partial charge < -0.3 is 10.4 Å². The predicted octanol–water partition coefficient (Wildman–Crippen LogP) is 0.630. The van der Waals surface area contributed by atoms with Gasteiger partial charge in [-0.15, -0.1) is 0 Å². The van der Waals surface area contributed by atoms with Gasteiger partial charge in [-0.25, -0.2) is 9.78 Å². The number of carbonyl (C=O) groups is 2. The van der Waals surface area contributed by atoms with Gasteiger partial charge in [0.2, 0.25) is 0 Å². The molecule has 1 heterocycles. The number of pyridine rings is 1. The zero-order valence-electron chi connectivity index (χ0n) is 7.19. The Labute approximate surface area is 89.1 Å². The summed E-state index contributed by atoms with van der Waals surface area (Å²) in [7, 11) is 0. The first-order chi connectivity index (χ1) is 7.04. The fraction of sp³-hybridized carbons (Fsp3) is 0. The summed E-state index contributed by atoms with van der Waals surface area (Å²) < 4.78 is 0. The van der Waals surface area contributed by atoms with Crippen LogP contribution >= 0.6 is 11.6 Å². The van der Waals surface area contributed by atoms with Gasteiger partial charge in [0, 0.05) is 6.20 Å². The van der Waals surface area contributed by atoms with Crippen molar-refractivity contribution in [2.24, 2.45) is 0 Å². The van der Waals surface area contributed by atoms with E-state index in [1.54, 1.807) is 6.07 Å². The first kappa shape index (κ1) is 10.9. The van der Waals surface area contributed by atoms with E-state index in [0.29, 0.717) is 0 Å². The van der Waals surface area contributed by atoms with Gasteiger partial charge in [-0.2, -0.15) is 5.26 Å². The quantitative estimate of drug-likeness (QED) is 0.683. The van der Waals surface area contributed by atoms with E-state index in [1.165, 1.54) is 12.3 Å². The lowest BCUT2D eigenvalue weighted by Gasteiger charge is -2.03. The third-order valence-electron chi connectivity index (χ3n) is 1.40. The van der Waals surface area contributed by atoms with Gasteiger partial charge >= 0.3 is 11.9 Å².